The van der Waals surface area contributed by atoms with Crippen molar-refractivity contribution in [1.29, 1.82) is 0 Å². The van der Waals surface area contributed by atoms with E-state index in [1.54, 1.807) is 24.3 Å². The summed E-state index contributed by atoms with van der Waals surface area (Å²) in [5.74, 6) is -0.538. The third-order valence-electron chi connectivity index (χ3n) is 3.89. The first-order chi connectivity index (χ1) is 12.1. The van der Waals surface area contributed by atoms with Crippen molar-refractivity contribution in [2.45, 2.75) is 13.3 Å². The SMILES string of the molecule is CCC(=NNC(=O)c1cc2ccccc2cc1O)c1cccc(Cl)c1. The Hall–Kier alpha value is -2.85. The number of carbonyl (C=O) groups excluding carboxylic acids is 1. The average Bonchev–Trinajstić information content (AvgIpc) is 2.61. The number of rotatable bonds is 4. The molecule has 0 aromatic heterocycles. The van der Waals surface area contributed by atoms with Crippen molar-refractivity contribution < 1.29 is 9.90 Å². The van der Waals surface area contributed by atoms with E-state index in [2.05, 4.69) is 10.5 Å². The standard InChI is InChI=1S/C20H17ClN2O2/c1-2-18(15-8-5-9-16(21)10-15)22-23-20(25)17-11-13-6-3-4-7-14(13)12-19(17)24/h3-12,24H,2H2,1H3,(H,23,25). The van der Waals surface area contributed by atoms with E-state index in [0.717, 1.165) is 16.3 Å². The number of phenols is 1. The Kier molecular flexibility index (Phi) is 5.00. The van der Waals surface area contributed by atoms with Gasteiger partial charge in [0.05, 0.1) is 11.3 Å². The number of hydrogen-bond acceptors (Lipinski definition) is 3. The summed E-state index contributed by atoms with van der Waals surface area (Å²) in [4.78, 5) is 12.4. The van der Waals surface area contributed by atoms with Gasteiger partial charge in [-0.2, -0.15) is 5.10 Å². The van der Waals surface area contributed by atoms with Crippen molar-refractivity contribution in [3.8, 4) is 5.75 Å². The molecular formula is C20H17ClN2O2. The first-order valence-corrected chi connectivity index (χ1v) is 8.31. The molecule has 0 fully saturated rings. The summed E-state index contributed by atoms with van der Waals surface area (Å²) in [6.07, 6.45) is 0.629. The number of amides is 1. The molecule has 0 aliphatic carbocycles. The predicted molar refractivity (Wildman–Crippen MR) is 101 cm³/mol. The quantitative estimate of drug-likeness (QED) is 0.526. The van der Waals surface area contributed by atoms with E-state index in [1.807, 2.05) is 43.3 Å². The summed E-state index contributed by atoms with van der Waals surface area (Å²) >= 11 is 6.01. The van der Waals surface area contributed by atoms with Crippen LogP contribution < -0.4 is 5.43 Å². The van der Waals surface area contributed by atoms with Crippen LogP contribution in [-0.2, 0) is 0 Å². The van der Waals surface area contributed by atoms with Gasteiger partial charge in [0.15, 0.2) is 0 Å². The highest BCUT2D eigenvalue weighted by molar-refractivity contribution is 6.31. The number of fused-ring (bicyclic) bond motifs is 1. The van der Waals surface area contributed by atoms with Crippen LogP contribution in [0, 0.1) is 0 Å². The van der Waals surface area contributed by atoms with Crippen LogP contribution in [0.4, 0.5) is 0 Å². The Morgan fingerprint density at radius 3 is 2.48 bits per heavy atom. The Bertz CT molecular complexity index is 967. The molecule has 25 heavy (non-hydrogen) atoms. The Balaban J connectivity index is 1.87. The van der Waals surface area contributed by atoms with Gasteiger partial charge in [-0.1, -0.05) is 54.9 Å². The molecule has 0 atom stereocenters. The molecule has 0 radical (unpaired) electrons. The van der Waals surface area contributed by atoms with Crippen LogP contribution in [0.2, 0.25) is 5.02 Å². The molecule has 4 nitrogen and oxygen atoms in total. The third kappa shape index (κ3) is 3.80. The van der Waals surface area contributed by atoms with E-state index < -0.39 is 5.91 Å². The molecule has 2 N–H and O–H groups in total. The van der Waals surface area contributed by atoms with Gasteiger partial charge in [0.25, 0.3) is 5.91 Å². The molecule has 3 aromatic carbocycles. The summed E-state index contributed by atoms with van der Waals surface area (Å²) < 4.78 is 0. The second kappa shape index (κ2) is 7.36. The van der Waals surface area contributed by atoms with Gasteiger partial charge in [0.1, 0.15) is 5.75 Å². The Labute approximate surface area is 150 Å². The molecule has 0 spiro atoms. The van der Waals surface area contributed by atoms with Crippen molar-refractivity contribution in [1.82, 2.24) is 5.43 Å². The summed E-state index contributed by atoms with van der Waals surface area (Å²) in [5, 5.41) is 16.7. The number of hydrogen-bond donors (Lipinski definition) is 2. The molecule has 0 unspecified atom stereocenters. The Morgan fingerprint density at radius 1 is 1.08 bits per heavy atom. The molecule has 0 bridgehead atoms. The van der Waals surface area contributed by atoms with Gasteiger partial charge in [-0.05, 0) is 47.0 Å². The summed E-state index contributed by atoms with van der Waals surface area (Å²) in [7, 11) is 0. The first-order valence-electron chi connectivity index (χ1n) is 7.93. The maximum Gasteiger partial charge on any atom is 0.275 e. The number of hydrazone groups is 1. The summed E-state index contributed by atoms with van der Waals surface area (Å²) in [6, 6.07) is 18.0. The molecule has 0 aliphatic heterocycles. The number of benzene rings is 3. The van der Waals surface area contributed by atoms with Crippen LogP contribution in [0.5, 0.6) is 5.75 Å². The van der Waals surface area contributed by atoms with Crippen LogP contribution in [0.25, 0.3) is 10.8 Å². The van der Waals surface area contributed by atoms with Crippen molar-refractivity contribution in [3.05, 3.63) is 76.8 Å². The molecule has 5 heteroatoms. The summed E-state index contributed by atoms with van der Waals surface area (Å²) in [5.41, 5.74) is 4.25. The van der Waals surface area contributed by atoms with Gasteiger partial charge in [-0.15, -0.1) is 0 Å². The fraction of sp³-hybridized carbons (Fsp3) is 0.100. The topological polar surface area (TPSA) is 61.7 Å². The third-order valence-corrected chi connectivity index (χ3v) is 4.13. The lowest BCUT2D eigenvalue weighted by atomic mass is 10.1. The van der Waals surface area contributed by atoms with Crippen molar-refractivity contribution in [2.75, 3.05) is 0 Å². The lowest BCUT2D eigenvalue weighted by molar-refractivity contribution is 0.0952. The van der Waals surface area contributed by atoms with Crippen LogP contribution in [0.1, 0.15) is 29.3 Å². The second-order valence-electron chi connectivity index (χ2n) is 5.58. The van der Waals surface area contributed by atoms with E-state index in [-0.39, 0.29) is 11.3 Å². The van der Waals surface area contributed by atoms with E-state index in [0.29, 0.717) is 17.2 Å². The normalized spacial score (nSPS) is 11.5. The maximum absolute atomic E-state index is 12.4. The first kappa shape index (κ1) is 17.0. The van der Waals surface area contributed by atoms with Gasteiger partial charge >= 0.3 is 0 Å². The minimum Gasteiger partial charge on any atom is -0.507 e. The average molecular weight is 353 g/mol. The maximum atomic E-state index is 12.4. The zero-order chi connectivity index (χ0) is 17.8. The van der Waals surface area contributed by atoms with E-state index in [1.165, 1.54) is 0 Å². The smallest absolute Gasteiger partial charge is 0.275 e. The van der Waals surface area contributed by atoms with Crippen LogP contribution in [0.15, 0.2) is 65.8 Å². The van der Waals surface area contributed by atoms with Crippen LogP contribution >= 0.6 is 11.6 Å². The molecule has 1 amide bonds. The monoisotopic (exact) mass is 352 g/mol. The zero-order valence-corrected chi connectivity index (χ0v) is 14.4. The predicted octanol–water partition coefficient (Wildman–Crippen LogP) is 4.74. The van der Waals surface area contributed by atoms with Gasteiger partial charge in [-0.25, -0.2) is 5.43 Å². The highest BCUT2D eigenvalue weighted by Crippen LogP contribution is 2.25. The number of halogens is 1. The fourth-order valence-electron chi connectivity index (χ4n) is 2.60. The number of nitrogens with zero attached hydrogens (tertiary/aromatic N) is 1. The van der Waals surface area contributed by atoms with Crippen molar-refractivity contribution >= 4 is 34.0 Å². The van der Waals surface area contributed by atoms with Crippen molar-refractivity contribution in [2.24, 2.45) is 5.10 Å². The fourth-order valence-corrected chi connectivity index (χ4v) is 2.79. The van der Waals surface area contributed by atoms with E-state index in [4.69, 9.17) is 11.6 Å². The lowest BCUT2D eigenvalue weighted by Gasteiger charge is -2.08. The molecule has 126 valence electrons. The number of phenolic OH excluding ortho intramolecular Hbond substituents is 1. The molecule has 0 saturated heterocycles. The lowest BCUT2D eigenvalue weighted by Crippen LogP contribution is -2.20. The van der Waals surface area contributed by atoms with Gasteiger partial charge in [0, 0.05) is 5.02 Å². The molecule has 0 heterocycles. The molecule has 0 saturated carbocycles. The number of carbonyl (C=O) groups is 1. The summed E-state index contributed by atoms with van der Waals surface area (Å²) in [6.45, 7) is 1.94. The number of nitrogens with one attached hydrogen (secondary N) is 1. The zero-order valence-electron chi connectivity index (χ0n) is 13.7. The van der Waals surface area contributed by atoms with E-state index >= 15 is 0 Å². The van der Waals surface area contributed by atoms with E-state index in [9.17, 15) is 9.90 Å². The van der Waals surface area contributed by atoms with Crippen LogP contribution in [-0.4, -0.2) is 16.7 Å². The van der Waals surface area contributed by atoms with Crippen LogP contribution in [0.3, 0.4) is 0 Å². The highest BCUT2D eigenvalue weighted by atomic mass is 35.5. The number of aromatic hydroxyl groups is 1. The molecular weight excluding hydrogens is 336 g/mol. The highest BCUT2D eigenvalue weighted by Gasteiger charge is 2.12. The Morgan fingerprint density at radius 2 is 1.80 bits per heavy atom. The van der Waals surface area contributed by atoms with Gasteiger partial charge in [0.2, 0.25) is 0 Å². The molecule has 0 aliphatic rings. The minimum absolute atomic E-state index is 0.0767. The van der Waals surface area contributed by atoms with Gasteiger partial charge in [-0.3, -0.25) is 4.79 Å². The molecule has 3 aromatic rings. The largest absolute Gasteiger partial charge is 0.507 e. The second-order valence-corrected chi connectivity index (χ2v) is 6.02. The van der Waals surface area contributed by atoms with Crippen molar-refractivity contribution in [3.63, 3.8) is 0 Å². The minimum atomic E-state index is -0.462. The van der Waals surface area contributed by atoms with Gasteiger partial charge < -0.3 is 5.11 Å². The molecule has 3 rings (SSSR count).